The summed E-state index contributed by atoms with van der Waals surface area (Å²) >= 11 is 0. The Morgan fingerprint density at radius 1 is 1.02 bits per heavy atom. The van der Waals surface area contributed by atoms with Crippen molar-refractivity contribution in [3.63, 3.8) is 0 Å². The highest BCUT2D eigenvalue weighted by molar-refractivity contribution is 5.94. The number of pyridine rings is 1. The predicted octanol–water partition coefficient (Wildman–Crippen LogP) is 3.92. The first-order valence-corrected chi connectivity index (χ1v) is 13.3. The lowest BCUT2D eigenvalue weighted by molar-refractivity contribution is -0.114. The molecule has 1 N–H and O–H groups in total. The van der Waals surface area contributed by atoms with Crippen LogP contribution in [-0.4, -0.2) is 78.0 Å². The van der Waals surface area contributed by atoms with E-state index in [1.165, 1.54) is 19.2 Å². The van der Waals surface area contributed by atoms with Crippen LogP contribution in [-0.2, 0) is 4.79 Å². The van der Waals surface area contributed by atoms with E-state index in [9.17, 15) is 22.8 Å². The van der Waals surface area contributed by atoms with Crippen molar-refractivity contribution in [2.75, 3.05) is 31.5 Å². The average Bonchev–Trinajstić information content (AvgIpc) is 3.66. The van der Waals surface area contributed by atoms with Crippen molar-refractivity contribution in [3.05, 3.63) is 83.7 Å². The Morgan fingerprint density at radius 3 is 2.49 bits per heavy atom. The molecular weight excluding hydrogens is 567 g/mol. The van der Waals surface area contributed by atoms with E-state index < -0.39 is 24.3 Å². The van der Waals surface area contributed by atoms with Gasteiger partial charge in [-0.3, -0.25) is 19.5 Å². The fourth-order valence-electron chi connectivity index (χ4n) is 4.97. The number of nitrogens with zero attached hydrogens (tertiary/aromatic N) is 8. The number of anilines is 1. The Hall–Kier alpha value is -5.18. The summed E-state index contributed by atoms with van der Waals surface area (Å²) < 4.78 is 46.4. The van der Waals surface area contributed by atoms with Crippen LogP contribution in [0.2, 0.25) is 0 Å². The third-order valence-corrected chi connectivity index (χ3v) is 6.96. The van der Waals surface area contributed by atoms with Gasteiger partial charge >= 0.3 is 6.55 Å². The molecule has 1 atom stereocenters. The molecule has 1 aliphatic rings. The van der Waals surface area contributed by atoms with Crippen LogP contribution in [0.25, 0.3) is 22.6 Å². The maximum Gasteiger partial charge on any atom is 0.350 e. The van der Waals surface area contributed by atoms with E-state index in [4.69, 9.17) is 4.42 Å². The van der Waals surface area contributed by atoms with Gasteiger partial charge in [0.25, 0.3) is 5.91 Å². The number of piperazine rings is 1. The summed E-state index contributed by atoms with van der Waals surface area (Å²) in [6.07, 6.45) is 1.46. The number of hydrogen-bond acceptors (Lipinski definition) is 9. The number of halogens is 3. The Morgan fingerprint density at radius 2 is 1.79 bits per heavy atom. The standard InChI is InChI=1S/C28H24F3N9O3/c1-16(41)33-20-15-21-23(14-19(20)29)43-26(34-21)18-7-8-32-22(13-18)27(42)39-11-9-38(10-12-39)24(17-5-3-2-4-6-17)25-35-37-40(36-25)28(30)31/h2-8,13-15,24,28H,9-12H2,1H3,(H,33,41)/t24-/m0/s1. The molecule has 2 aromatic carbocycles. The van der Waals surface area contributed by atoms with Gasteiger partial charge in [-0.25, -0.2) is 9.37 Å². The monoisotopic (exact) mass is 591 g/mol. The zero-order valence-electron chi connectivity index (χ0n) is 22.7. The lowest BCUT2D eigenvalue weighted by Crippen LogP contribution is -2.50. The van der Waals surface area contributed by atoms with Gasteiger partial charge < -0.3 is 14.6 Å². The highest BCUT2D eigenvalue weighted by atomic mass is 19.3. The van der Waals surface area contributed by atoms with Gasteiger partial charge in [-0.05, 0) is 29.0 Å². The van der Waals surface area contributed by atoms with Crippen LogP contribution in [0.1, 0.15) is 41.4 Å². The van der Waals surface area contributed by atoms with Gasteiger partial charge in [0.1, 0.15) is 11.2 Å². The molecule has 4 heterocycles. The molecule has 12 nitrogen and oxygen atoms in total. The summed E-state index contributed by atoms with van der Waals surface area (Å²) in [6.45, 7) is -0.124. The number of oxazole rings is 1. The van der Waals surface area contributed by atoms with Crippen molar-refractivity contribution < 1.29 is 27.2 Å². The second kappa shape index (κ2) is 11.6. The van der Waals surface area contributed by atoms with Crippen molar-refractivity contribution in [2.45, 2.75) is 19.5 Å². The number of carbonyl (C=O) groups excluding carboxylic acids is 2. The number of fused-ring (bicyclic) bond motifs is 1. The van der Waals surface area contributed by atoms with E-state index in [0.29, 0.717) is 37.3 Å². The quantitative estimate of drug-likeness (QED) is 0.299. The normalized spacial score (nSPS) is 14.8. The van der Waals surface area contributed by atoms with Gasteiger partial charge in [0.05, 0.1) is 11.7 Å². The third kappa shape index (κ3) is 5.79. The molecule has 220 valence electrons. The molecule has 2 amide bonds. The van der Waals surface area contributed by atoms with Crippen LogP contribution < -0.4 is 5.32 Å². The first kappa shape index (κ1) is 28.0. The van der Waals surface area contributed by atoms with Crippen LogP contribution >= 0.6 is 0 Å². The Labute approximate surface area is 242 Å². The molecule has 0 spiro atoms. The molecule has 3 aromatic heterocycles. The van der Waals surface area contributed by atoms with Crippen molar-refractivity contribution >= 4 is 28.6 Å². The number of aromatic nitrogens is 6. The molecule has 43 heavy (non-hydrogen) atoms. The van der Waals surface area contributed by atoms with E-state index in [0.717, 1.165) is 11.6 Å². The first-order valence-electron chi connectivity index (χ1n) is 13.3. The molecule has 0 radical (unpaired) electrons. The summed E-state index contributed by atoms with van der Waals surface area (Å²) in [7, 11) is 0. The van der Waals surface area contributed by atoms with E-state index in [2.05, 4.69) is 30.7 Å². The van der Waals surface area contributed by atoms with Crippen molar-refractivity contribution in [1.82, 2.24) is 40.0 Å². The van der Waals surface area contributed by atoms with Crippen molar-refractivity contribution in [3.8, 4) is 11.5 Å². The fraction of sp³-hybridized carbons (Fsp3) is 0.250. The van der Waals surface area contributed by atoms with E-state index in [-0.39, 0.29) is 39.4 Å². The van der Waals surface area contributed by atoms with Crippen molar-refractivity contribution in [2.24, 2.45) is 0 Å². The zero-order valence-corrected chi connectivity index (χ0v) is 22.7. The second-order valence-corrected chi connectivity index (χ2v) is 9.82. The number of carbonyl (C=O) groups is 2. The minimum absolute atomic E-state index is 0.0199. The average molecular weight is 592 g/mol. The van der Waals surface area contributed by atoms with Crippen LogP contribution in [0.5, 0.6) is 0 Å². The number of tetrazole rings is 1. The fourth-order valence-corrected chi connectivity index (χ4v) is 4.97. The number of alkyl halides is 2. The van der Waals surface area contributed by atoms with Crippen LogP contribution in [0.3, 0.4) is 0 Å². The Kier molecular flexibility index (Phi) is 7.54. The Balaban J connectivity index is 1.19. The molecule has 0 bridgehead atoms. The molecule has 0 aliphatic carbocycles. The summed E-state index contributed by atoms with van der Waals surface area (Å²) in [6, 6.07) is 14.4. The Bertz CT molecular complexity index is 1790. The molecule has 0 saturated carbocycles. The minimum Gasteiger partial charge on any atom is -0.436 e. The van der Waals surface area contributed by atoms with Crippen molar-refractivity contribution in [1.29, 1.82) is 0 Å². The van der Waals surface area contributed by atoms with Gasteiger partial charge in [0.15, 0.2) is 17.2 Å². The molecule has 15 heteroatoms. The topological polar surface area (TPSA) is 135 Å². The first-order chi connectivity index (χ1) is 20.8. The molecule has 1 aliphatic heterocycles. The number of hydrogen-bond donors (Lipinski definition) is 1. The van der Waals surface area contributed by atoms with Crippen LogP contribution in [0, 0.1) is 5.82 Å². The molecule has 5 aromatic rings. The summed E-state index contributed by atoms with van der Waals surface area (Å²) in [5.74, 6) is -1.10. The van der Waals surface area contributed by atoms with E-state index >= 15 is 0 Å². The third-order valence-electron chi connectivity index (χ3n) is 6.96. The number of nitrogens with one attached hydrogen (secondary N) is 1. The van der Waals surface area contributed by atoms with E-state index in [1.807, 2.05) is 35.2 Å². The summed E-state index contributed by atoms with van der Waals surface area (Å²) in [5, 5.41) is 13.7. The summed E-state index contributed by atoms with van der Waals surface area (Å²) in [4.78, 5) is 37.4. The SMILES string of the molecule is CC(=O)Nc1cc2nc(-c3ccnc(C(=O)N4CCN([C@@H](c5ccccc5)c5nnn(C(F)F)n5)CC4)c3)oc2cc1F. The minimum atomic E-state index is -2.91. The molecule has 6 rings (SSSR count). The lowest BCUT2D eigenvalue weighted by Gasteiger charge is -2.38. The number of rotatable bonds is 7. The highest BCUT2D eigenvalue weighted by Crippen LogP contribution is 2.30. The number of amides is 2. The highest BCUT2D eigenvalue weighted by Gasteiger charge is 2.32. The zero-order chi connectivity index (χ0) is 30.1. The van der Waals surface area contributed by atoms with Gasteiger partial charge in [0, 0.05) is 50.9 Å². The maximum atomic E-state index is 14.4. The predicted molar refractivity (Wildman–Crippen MR) is 146 cm³/mol. The van der Waals surface area contributed by atoms with Gasteiger partial charge in [-0.15, -0.1) is 10.2 Å². The lowest BCUT2D eigenvalue weighted by atomic mass is 10.0. The van der Waals surface area contributed by atoms with E-state index in [1.54, 1.807) is 17.0 Å². The molecule has 0 unspecified atom stereocenters. The smallest absolute Gasteiger partial charge is 0.350 e. The van der Waals surface area contributed by atoms with Crippen LogP contribution in [0.15, 0.2) is 65.2 Å². The van der Waals surface area contributed by atoms with Gasteiger partial charge in [-0.1, -0.05) is 35.1 Å². The number of benzene rings is 2. The maximum absolute atomic E-state index is 14.4. The largest absolute Gasteiger partial charge is 0.436 e. The van der Waals surface area contributed by atoms with Gasteiger partial charge in [0.2, 0.25) is 11.8 Å². The van der Waals surface area contributed by atoms with Gasteiger partial charge in [-0.2, -0.15) is 8.78 Å². The van der Waals surface area contributed by atoms with Crippen LogP contribution in [0.4, 0.5) is 18.9 Å². The second-order valence-electron chi connectivity index (χ2n) is 9.82. The summed E-state index contributed by atoms with van der Waals surface area (Å²) in [5.41, 5.74) is 1.93. The molecule has 1 fully saturated rings. The molecule has 1 saturated heterocycles. The molecular formula is C28H24F3N9O3.